The number of halogens is 1. The van der Waals surface area contributed by atoms with Gasteiger partial charge in [-0.05, 0) is 57.6 Å². The number of hydrogen-bond donors (Lipinski definition) is 2. The van der Waals surface area contributed by atoms with Gasteiger partial charge in [0.25, 0.3) is 0 Å². The molecule has 0 radical (unpaired) electrons. The largest absolute Gasteiger partial charge is 0.357 e. The second-order valence-electron chi connectivity index (χ2n) is 9.19. The first-order chi connectivity index (χ1) is 14.0. The van der Waals surface area contributed by atoms with Crippen molar-refractivity contribution in [2.75, 3.05) is 45.8 Å². The van der Waals surface area contributed by atoms with Crippen molar-refractivity contribution in [1.29, 1.82) is 0 Å². The molecule has 0 aliphatic carbocycles. The lowest BCUT2D eigenvalue weighted by Gasteiger charge is -2.22. The van der Waals surface area contributed by atoms with Gasteiger partial charge >= 0.3 is 0 Å². The number of aliphatic imine (C=N–C) groups is 1. The minimum absolute atomic E-state index is 0. The number of hydrogen-bond acceptors (Lipinski definition) is 3. The highest BCUT2D eigenvalue weighted by Crippen LogP contribution is 2.19. The second kappa shape index (κ2) is 12.9. The van der Waals surface area contributed by atoms with Crippen molar-refractivity contribution < 1.29 is 0 Å². The lowest BCUT2D eigenvalue weighted by molar-refractivity contribution is 0.265. The molecule has 0 saturated carbocycles. The molecule has 30 heavy (non-hydrogen) atoms. The summed E-state index contributed by atoms with van der Waals surface area (Å²) in [7, 11) is 0. The van der Waals surface area contributed by atoms with Crippen LogP contribution in [0.15, 0.2) is 35.3 Å². The summed E-state index contributed by atoms with van der Waals surface area (Å²) >= 11 is 0. The molecule has 3 unspecified atom stereocenters. The average molecular weight is 528 g/mol. The highest BCUT2D eigenvalue weighted by molar-refractivity contribution is 14.0. The van der Waals surface area contributed by atoms with Gasteiger partial charge in [-0.25, -0.2) is 0 Å². The Balaban J connectivity index is 0.00000320. The van der Waals surface area contributed by atoms with E-state index in [-0.39, 0.29) is 24.0 Å². The molecule has 2 fully saturated rings. The summed E-state index contributed by atoms with van der Waals surface area (Å²) in [5.41, 5.74) is 1.44. The first kappa shape index (κ1) is 25.4. The molecule has 2 aliphatic heterocycles. The normalized spacial score (nSPS) is 25.5. The molecule has 0 bridgehead atoms. The van der Waals surface area contributed by atoms with E-state index in [1.807, 2.05) is 0 Å². The van der Waals surface area contributed by atoms with E-state index in [0.29, 0.717) is 23.9 Å². The van der Waals surface area contributed by atoms with Crippen LogP contribution in [0.4, 0.5) is 0 Å². The van der Waals surface area contributed by atoms with Crippen molar-refractivity contribution in [3.63, 3.8) is 0 Å². The lowest BCUT2D eigenvalue weighted by Crippen LogP contribution is -2.47. The zero-order valence-corrected chi connectivity index (χ0v) is 21.6. The third-order valence-electron chi connectivity index (χ3n) is 6.47. The Morgan fingerprint density at radius 3 is 2.60 bits per heavy atom. The van der Waals surface area contributed by atoms with E-state index in [1.165, 1.54) is 31.6 Å². The molecular weight excluding hydrogens is 485 g/mol. The minimum Gasteiger partial charge on any atom is -0.357 e. The Bertz CT molecular complexity index is 636. The maximum absolute atomic E-state index is 4.97. The van der Waals surface area contributed by atoms with Gasteiger partial charge in [0.05, 0.1) is 0 Å². The Hall–Kier alpha value is -0.860. The molecule has 2 heterocycles. The summed E-state index contributed by atoms with van der Waals surface area (Å²) < 4.78 is 0. The van der Waals surface area contributed by atoms with Gasteiger partial charge in [-0.3, -0.25) is 9.89 Å². The van der Waals surface area contributed by atoms with Crippen LogP contribution in [0.2, 0.25) is 0 Å². The van der Waals surface area contributed by atoms with Gasteiger partial charge in [0.2, 0.25) is 0 Å². The smallest absolute Gasteiger partial charge is 0.191 e. The maximum Gasteiger partial charge on any atom is 0.191 e. The van der Waals surface area contributed by atoms with Crippen molar-refractivity contribution in [3.05, 3.63) is 35.9 Å². The fraction of sp³-hybridized carbons (Fsp3) is 0.708. The fourth-order valence-corrected chi connectivity index (χ4v) is 4.53. The van der Waals surface area contributed by atoms with E-state index < -0.39 is 0 Å². The Labute approximate surface area is 201 Å². The van der Waals surface area contributed by atoms with Crippen LogP contribution in [-0.4, -0.2) is 73.7 Å². The zero-order chi connectivity index (χ0) is 20.6. The third kappa shape index (κ3) is 7.68. The van der Waals surface area contributed by atoms with E-state index in [1.54, 1.807) is 0 Å². The highest BCUT2D eigenvalue weighted by atomic mass is 127. The van der Waals surface area contributed by atoms with Crippen LogP contribution >= 0.6 is 24.0 Å². The standard InChI is InChI=1S/C24H41N5.HI/c1-5-25-24(27-23-18-29(19(2)3)16-20(23)4)26-15-22-12-14-28(17-22)13-11-21-9-7-6-8-10-21;/h6-10,19-20,22-23H,5,11-18H2,1-4H3,(H2,25,26,27);1H. The lowest BCUT2D eigenvalue weighted by atomic mass is 10.1. The summed E-state index contributed by atoms with van der Waals surface area (Å²) in [4.78, 5) is 10.1. The monoisotopic (exact) mass is 527 g/mol. The molecule has 3 rings (SSSR count). The van der Waals surface area contributed by atoms with Gasteiger partial charge in [0.15, 0.2) is 5.96 Å². The first-order valence-corrected chi connectivity index (χ1v) is 11.6. The summed E-state index contributed by atoms with van der Waals surface area (Å²) in [6, 6.07) is 11.9. The van der Waals surface area contributed by atoms with Crippen molar-refractivity contribution in [3.8, 4) is 0 Å². The Morgan fingerprint density at radius 1 is 1.17 bits per heavy atom. The topological polar surface area (TPSA) is 42.9 Å². The fourth-order valence-electron chi connectivity index (χ4n) is 4.53. The van der Waals surface area contributed by atoms with E-state index in [2.05, 4.69) is 78.5 Å². The predicted molar refractivity (Wildman–Crippen MR) is 139 cm³/mol. The maximum atomic E-state index is 4.97. The molecule has 2 aliphatic rings. The number of benzene rings is 1. The van der Waals surface area contributed by atoms with Gasteiger partial charge < -0.3 is 15.5 Å². The van der Waals surface area contributed by atoms with Crippen LogP contribution < -0.4 is 10.6 Å². The van der Waals surface area contributed by atoms with Gasteiger partial charge in [-0.15, -0.1) is 24.0 Å². The number of guanidine groups is 1. The van der Waals surface area contributed by atoms with Crippen LogP contribution in [0.25, 0.3) is 0 Å². The summed E-state index contributed by atoms with van der Waals surface area (Å²) in [6.07, 6.45) is 2.41. The van der Waals surface area contributed by atoms with Crippen molar-refractivity contribution in [2.45, 2.75) is 52.6 Å². The van der Waals surface area contributed by atoms with E-state index >= 15 is 0 Å². The molecule has 6 heteroatoms. The van der Waals surface area contributed by atoms with Gasteiger partial charge in [0.1, 0.15) is 0 Å². The molecule has 1 aromatic carbocycles. The number of nitrogens with one attached hydrogen (secondary N) is 2. The number of nitrogens with zero attached hydrogens (tertiary/aromatic N) is 3. The summed E-state index contributed by atoms with van der Waals surface area (Å²) in [5, 5.41) is 7.18. The van der Waals surface area contributed by atoms with Crippen LogP contribution in [-0.2, 0) is 6.42 Å². The highest BCUT2D eigenvalue weighted by Gasteiger charge is 2.31. The summed E-state index contributed by atoms with van der Waals surface area (Å²) in [5.74, 6) is 2.33. The van der Waals surface area contributed by atoms with Crippen molar-refractivity contribution in [2.24, 2.45) is 16.8 Å². The van der Waals surface area contributed by atoms with Crippen LogP contribution in [0.1, 0.15) is 39.7 Å². The van der Waals surface area contributed by atoms with Gasteiger partial charge in [-0.2, -0.15) is 0 Å². The van der Waals surface area contributed by atoms with Crippen LogP contribution in [0.5, 0.6) is 0 Å². The second-order valence-corrected chi connectivity index (χ2v) is 9.19. The third-order valence-corrected chi connectivity index (χ3v) is 6.47. The van der Waals surface area contributed by atoms with Gasteiger partial charge in [-0.1, -0.05) is 37.3 Å². The van der Waals surface area contributed by atoms with E-state index in [9.17, 15) is 0 Å². The minimum atomic E-state index is 0. The van der Waals surface area contributed by atoms with Gasteiger partial charge in [0, 0.05) is 51.4 Å². The van der Waals surface area contributed by atoms with Crippen molar-refractivity contribution in [1.82, 2.24) is 20.4 Å². The molecule has 2 saturated heterocycles. The zero-order valence-electron chi connectivity index (χ0n) is 19.3. The number of likely N-dealkylation sites (tertiary alicyclic amines) is 2. The average Bonchev–Trinajstić information content (AvgIpc) is 3.32. The molecule has 0 amide bonds. The molecule has 3 atom stereocenters. The molecule has 1 aromatic rings. The van der Waals surface area contributed by atoms with E-state index in [4.69, 9.17) is 4.99 Å². The molecular formula is C24H42IN5. The molecule has 0 aromatic heterocycles. The summed E-state index contributed by atoms with van der Waals surface area (Å²) in [6.45, 7) is 16.7. The van der Waals surface area contributed by atoms with E-state index in [0.717, 1.165) is 38.6 Å². The number of rotatable bonds is 8. The molecule has 5 nitrogen and oxygen atoms in total. The molecule has 2 N–H and O–H groups in total. The first-order valence-electron chi connectivity index (χ1n) is 11.6. The SMILES string of the molecule is CCNC(=NCC1CCN(CCc2ccccc2)C1)NC1CN(C(C)C)CC1C.I. The quantitative estimate of drug-likeness (QED) is 0.309. The van der Waals surface area contributed by atoms with Crippen LogP contribution in [0.3, 0.4) is 0 Å². The van der Waals surface area contributed by atoms with Crippen molar-refractivity contribution >= 4 is 29.9 Å². The Kier molecular flexibility index (Phi) is 10.9. The predicted octanol–water partition coefficient (Wildman–Crippen LogP) is 3.45. The molecule has 0 spiro atoms. The van der Waals surface area contributed by atoms with Crippen LogP contribution in [0, 0.1) is 11.8 Å². The molecule has 170 valence electrons. The Morgan fingerprint density at radius 2 is 1.93 bits per heavy atom.